The maximum absolute atomic E-state index is 13.6. The Morgan fingerprint density at radius 1 is 1.28 bits per heavy atom. The first kappa shape index (κ1) is 13.1. The van der Waals surface area contributed by atoms with E-state index in [0.717, 1.165) is 0 Å². The van der Waals surface area contributed by atoms with Crippen LogP contribution in [0.15, 0.2) is 30.5 Å². The molecule has 0 spiro atoms. The monoisotopic (exact) mass is 285 g/mol. The third kappa shape index (κ3) is 2.89. The molecule has 18 heavy (non-hydrogen) atoms. The third-order valence-electron chi connectivity index (χ3n) is 2.44. The van der Waals surface area contributed by atoms with Crippen molar-refractivity contribution < 1.29 is 4.39 Å². The Balaban J connectivity index is 2.24. The fourth-order valence-electron chi connectivity index (χ4n) is 1.56. The maximum Gasteiger partial charge on any atom is 0.224 e. The van der Waals surface area contributed by atoms with Crippen molar-refractivity contribution in [2.45, 2.75) is 13.0 Å². The highest BCUT2D eigenvalue weighted by molar-refractivity contribution is 6.33. The number of nitrogens with one attached hydrogen (secondary N) is 1. The topological polar surface area (TPSA) is 37.8 Å². The van der Waals surface area contributed by atoms with Gasteiger partial charge in [-0.3, -0.25) is 0 Å². The van der Waals surface area contributed by atoms with Crippen molar-refractivity contribution in [3.05, 3.63) is 52.1 Å². The smallest absolute Gasteiger partial charge is 0.224 e. The molecular formula is C12H10Cl2FN3. The molecule has 1 N–H and O–H groups in total. The molecule has 0 saturated heterocycles. The third-order valence-corrected chi connectivity index (χ3v) is 2.90. The van der Waals surface area contributed by atoms with Crippen LogP contribution in [0.2, 0.25) is 10.3 Å². The molecule has 1 unspecified atom stereocenters. The molecule has 0 saturated carbocycles. The predicted octanol–water partition coefficient (Wildman–Crippen LogP) is 4.10. The molecule has 1 atom stereocenters. The van der Waals surface area contributed by atoms with Crippen LogP contribution in [0.3, 0.4) is 0 Å². The highest BCUT2D eigenvalue weighted by Gasteiger charge is 2.13. The van der Waals surface area contributed by atoms with Crippen molar-refractivity contribution in [3.63, 3.8) is 0 Å². The lowest BCUT2D eigenvalue weighted by atomic mass is 10.1. The highest BCUT2D eigenvalue weighted by Crippen LogP contribution is 2.25. The molecule has 3 nitrogen and oxygen atoms in total. The van der Waals surface area contributed by atoms with Gasteiger partial charge in [0.15, 0.2) is 0 Å². The molecule has 0 radical (unpaired) electrons. The van der Waals surface area contributed by atoms with Crippen molar-refractivity contribution in [2.75, 3.05) is 5.32 Å². The molecule has 6 heteroatoms. The molecule has 0 amide bonds. The molecule has 0 aliphatic heterocycles. The minimum absolute atomic E-state index is 0.0858. The number of halogens is 3. The van der Waals surface area contributed by atoms with E-state index in [2.05, 4.69) is 15.3 Å². The quantitative estimate of drug-likeness (QED) is 0.863. The molecule has 1 aromatic carbocycles. The van der Waals surface area contributed by atoms with Crippen molar-refractivity contribution in [3.8, 4) is 0 Å². The van der Waals surface area contributed by atoms with Crippen LogP contribution < -0.4 is 5.32 Å². The Hall–Kier alpha value is -1.39. The Labute approximate surface area is 114 Å². The van der Waals surface area contributed by atoms with Gasteiger partial charge in [-0.05, 0) is 24.6 Å². The van der Waals surface area contributed by atoms with Crippen molar-refractivity contribution in [2.24, 2.45) is 0 Å². The van der Waals surface area contributed by atoms with E-state index in [0.29, 0.717) is 16.4 Å². The summed E-state index contributed by atoms with van der Waals surface area (Å²) < 4.78 is 13.6. The Kier molecular flexibility index (Phi) is 3.99. The molecule has 1 heterocycles. The van der Waals surface area contributed by atoms with Crippen LogP contribution in [0.4, 0.5) is 10.2 Å². The number of rotatable bonds is 3. The number of benzene rings is 1. The summed E-state index contributed by atoms with van der Waals surface area (Å²) in [4.78, 5) is 7.70. The van der Waals surface area contributed by atoms with E-state index in [1.54, 1.807) is 18.2 Å². The van der Waals surface area contributed by atoms with Crippen LogP contribution in [0, 0.1) is 5.82 Å². The van der Waals surface area contributed by atoms with Crippen LogP contribution in [-0.4, -0.2) is 9.97 Å². The number of anilines is 1. The van der Waals surface area contributed by atoms with Gasteiger partial charge >= 0.3 is 0 Å². The van der Waals surface area contributed by atoms with Gasteiger partial charge in [0, 0.05) is 5.56 Å². The Morgan fingerprint density at radius 3 is 2.72 bits per heavy atom. The summed E-state index contributed by atoms with van der Waals surface area (Å²) in [7, 11) is 0. The van der Waals surface area contributed by atoms with Crippen molar-refractivity contribution in [1.29, 1.82) is 0 Å². The first-order valence-corrected chi connectivity index (χ1v) is 6.02. The van der Waals surface area contributed by atoms with E-state index in [1.165, 1.54) is 12.3 Å². The minimum Gasteiger partial charge on any atom is -0.362 e. The number of hydrogen-bond donors (Lipinski definition) is 1. The number of hydrogen-bond acceptors (Lipinski definition) is 3. The second-order valence-corrected chi connectivity index (χ2v) is 4.47. The zero-order chi connectivity index (χ0) is 13.1. The van der Waals surface area contributed by atoms with Gasteiger partial charge in [0.2, 0.25) is 5.28 Å². The molecule has 0 bridgehead atoms. The first-order valence-electron chi connectivity index (χ1n) is 5.27. The van der Waals surface area contributed by atoms with E-state index in [-0.39, 0.29) is 17.1 Å². The van der Waals surface area contributed by atoms with Crippen LogP contribution in [0.25, 0.3) is 0 Å². The largest absolute Gasteiger partial charge is 0.362 e. The summed E-state index contributed by atoms with van der Waals surface area (Å²) in [6.45, 7) is 1.81. The van der Waals surface area contributed by atoms with Crippen molar-refractivity contribution >= 4 is 29.0 Å². The summed E-state index contributed by atoms with van der Waals surface area (Å²) >= 11 is 11.6. The molecule has 2 rings (SSSR count). The van der Waals surface area contributed by atoms with Gasteiger partial charge in [-0.25, -0.2) is 9.37 Å². The lowest BCUT2D eigenvalue weighted by Gasteiger charge is -2.16. The predicted molar refractivity (Wildman–Crippen MR) is 70.5 cm³/mol. The highest BCUT2D eigenvalue weighted by atomic mass is 35.5. The second-order valence-electron chi connectivity index (χ2n) is 3.72. The van der Waals surface area contributed by atoms with Crippen LogP contribution in [0.1, 0.15) is 18.5 Å². The molecule has 0 aliphatic rings. The zero-order valence-electron chi connectivity index (χ0n) is 9.49. The van der Waals surface area contributed by atoms with Crippen LogP contribution in [-0.2, 0) is 0 Å². The summed E-state index contributed by atoms with van der Waals surface area (Å²) in [5, 5.41) is 3.42. The molecule has 0 aliphatic carbocycles. The summed E-state index contributed by atoms with van der Waals surface area (Å²) in [6.07, 6.45) is 1.40. The van der Waals surface area contributed by atoms with E-state index in [9.17, 15) is 4.39 Å². The molecular weight excluding hydrogens is 276 g/mol. The van der Waals surface area contributed by atoms with Gasteiger partial charge in [0.1, 0.15) is 16.7 Å². The number of aromatic nitrogens is 2. The second kappa shape index (κ2) is 5.50. The SMILES string of the molecule is CC(Nc1nc(Cl)ncc1Cl)c1ccccc1F. The van der Waals surface area contributed by atoms with Gasteiger partial charge in [0.25, 0.3) is 0 Å². The van der Waals surface area contributed by atoms with E-state index in [4.69, 9.17) is 23.2 Å². The van der Waals surface area contributed by atoms with Gasteiger partial charge in [0.05, 0.1) is 12.2 Å². The number of nitrogens with zero attached hydrogens (tertiary/aromatic N) is 2. The first-order chi connectivity index (χ1) is 8.58. The lowest BCUT2D eigenvalue weighted by molar-refractivity contribution is 0.600. The fourth-order valence-corrected chi connectivity index (χ4v) is 1.83. The van der Waals surface area contributed by atoms with Gasteiger partial charge in [-0.1, -0.05) is 29.8 Å². The van der Waals surface area contributed by atoms with Gasteiger partial charge < -0.3 is 5.32 Å². The zero-order valence-corrected chi connectivity index (χ0v) is 11.0. The summed E-state index contributed by atoms with van der Waals surface area (Å²) in [6, 6.07) is 6.23. The standard InChI is InChI=1S/C12H10Cl2FN3/c1-7(8-4-2-3-5-10(8)15)17-11-9(13)6-16-12(14)18-11/h2-7H,1H3,(H,16,17,18). The Bertz CT molecular complexity index is 563. The lowest BCUT2D eigenvalue weighted by Crippen LogP contribution is -2.10. The normalized spacial score (nSPS) is 12.2. The average molecular weight is 286 g/mol. The van der Waals surface area contributed by atoms with E-state index < -0.39 is 0 Å². The van der Waals surface area contributed by atoms with Gasteiger partial charge in [-0.15, -0.1) is 0 Å². The summed E-state index contributed by atoms with van der Waals surface area (Å²) in [5.74, 6) is 0.0983. The van der Waals surface area contributed by atoms with Crippen LogP contribution >= 0.6 is 23.2 Å². The molecule has 0 fully saturated rings. The minimum atomic E-state index is -0.284. The average Bonchev–Trinajstić information content (AvgIpc) is 2.34. The van der Waals surface area contributed by atoms with Crippen molar-refractivity contribution in [1.82, 2.24) is 9.97 Å². The van der Waals surface area contributed by atoms with E-state index in [1.807, 2.05) is 6.92 Å². The molecule has 2 aromatic rings. The fraction of sp³-hybridized carbons (Fsp3) is 0.167. The van der Waals surface area contributed by atoms with Crippen LogP contribution in [0.5, 0.6) is 0 Å². The van der Waals surface area contributed by atoms with Gasteiger partial charge in [-0.2, -0.15) is 4.98 Å². The van der Waals surface area contributed by atoms with E-state index >= 15 is 0 Å². The molecule has 94 valence electrons. The maximum atomic E-state index is 13.6. The molecule has 1 aromatic heterocycles. The summed E-state index contributed by atoms with van der Waals surface area (Å²) in [5.41, 5.74) is 0.531. The Morgan fingerprint density at radius 2 is 2.00 bits per heavy atom.